The highest BCUT2D eigenvalue weighted by Crippen LogP contribution is 2.41. The van der Waals surface area contributed by atoms with Gasteiger partial charge in [-0.2, -0.15) is 0 Å². The van der Waals surface area contributed by atoms with Crippen LogP contribution in [0.2, 0.25) is 0 Å². The molecule has 20 heteroatoms. The lowest BCUT2D eigenvalue weighted by atomic mass is 9.73. The molecule has 0 aliphatic carbocycles. The third-order valence-corrected chi connectivity index (χ3v) is 14.0. The highest BCUT2D eigenvalue weighted by atomic mass is 16.8. The van der Waals surface area contributed by atoms with Gasteiger partial charge in [0.2, 0.25) is 0 Å². The summed E-state index contributed by atoms with van der Waals surface area (Å²) in [5.41, 5.74) is -5.13. The Bertz CT molecular complexity index is 1500. The van der Waals surface area contributed by atoms with Gasteiger partial charge in [0.15, 0.2) is 12.6 Å². The maximum atomic E-state index is 14.4. The molecule has 0 aromatic rings. The summed E-state index contributed by atoms with van der Waals surface area (Å²) in [4.78, 5) is 21.9. The van der Waals surface area contributed by atoms with Gasteiger partial charge in [-0.1, -0.05) is 32.9 Å². The Kier molecular flexibility index (Phi) is 18.4. The lowest BCUT2D eigenvalue weighted by molar-refractivity contribution is -0.318. The number of hydrogen-bond donors (Lipinski definition) is 9. The summed E-state index contributed by atoms with van der Waals surface area (Å²) in [5, 5.41) is 105. The number of oxime groups is 1. The molecule has 0 amide bonds. The van der Waals surface area contributed by atoms with E-state index in [1.54, 1.807) is 41.5 Å². The van der Waals surface area contributed by atoms with E-state index >= 15 is 0 Å². The minimum Gasteiger partial charge on any atom is -0.459 e. The molecule has 23 atom stereocenters. The number of esters is 1. The SMILES string of the molecule is CC[C@H]1OC(=O)[C@H](C)[C@@H](O[C@H]2C[C@@](C)(OC)[C@@H](O)[C@H](C)O2)[C@H](C)[C@@H](O[C@@H]2O[C@H](C)C[C@H](N(C)C)[C@H]2O)[C@](C)(O)C[C@@H](C)/C(=N\O[C@@H]2O[C@H](CO)[C@@H](O)[C@H](O)[C@H]2O)[C@H](C)[C@@H](O)[C@]1(C)O. The number of ether oxygens (including phenoxy) is 7. The number of carbonyl (C=O) groups excluding carboxylic acids is 1. The zero-order valence-electron chi connectivity index (χ0n) is 39.2. The van der Waals surface area contributed by atoms with Gasteiger partial charge in [0.25, 0.3) is 6.29 Å². The minimum absolute atomic E-state index is 0.0306. The lowest BCUT2D eigenvalue weighted by Gasteiger charge is -2.49. The minimum atomic E-state index is -2.13. The van der Waals surface area contributed by atoms with Crippen LogP contribution in [0, 0.1) is 23.7 Å². The van der Waals surface area contributed by atoms with Crippen LogP contribution in [0.4, 0.5) is 0 Å². The highest BCUT2D eigenvalue weighted by molar-refractivity contribution is 5.88. The number of hydrogen-bond acceptors (Lipinski definition) is 20. The summed E-state index contributed by atoms with van der Waals surface area (Å²) in [6, 6.07) is -0.396. The predicted octanol–water partition coefficient (Wildman–Crippen LogP) is -0.611. The maximum Gasteiger partial charge on any atom is 0.311 e. The first-order valence-electron chi connectivity index (χ1n) is 22.2. The molecule has 63 heavy (non-hydrogen) atoms. The average Bonchev–Trinajstić information content (AvgIpc) is 3.21. The number of methoxy groups -OCH3 is 1. The van der Waals surface area contributed by atoms with Crippen LogP contribution in [0.25, 0.3) is 0 Å². The molecule has 0 radical (unpaired) electrons. The van der Waals surface area contributed by atoms with Gasteiger partial charge < -0.3 is 88.9 Å². The molecule has 4 aliphatic heterocycles. The number of aliphatic hydroxyl groups is 9. The predicted molar refractivity (Wildman–Crippen MR) is 224 cm³/mol. The summed E-state index contributed by atoms with van der Waals surface area (Å²) >= 11 is 0. The van der Waals surface area contributed by atoms with Crippen LogP contribution in [0.5, 0.6) is 0 Å². The molecule has 0 aromatic heterocycles. The molecule has 4 saturated heterocycles. The van der Waals surface area contributed by atoms with Crippen molar-refractivity contribution in [2.75, 3.05) is 27.8 Å². The summed E-state index contributed by atoms with van der Waals surface area (Å²) in [7, 11) is 5.10. The van der Waals surface area contributed by atoms with E-state index in [2.05, 4.69) is 5.16 Å². The number of rotatable bonds is 10. The molecular weight excluding hydrogens is 832 g/mol. The van der Waals surface area contributed by atoms with E-state index in [4.69, 9.17) is 38.0 Å². The molecule has 0 saturated carbocycles. The van der Waals surface area contributed by atoms with Crippen LogP contribution in [-0.2, 0) is 42.8 Å². The van der Waals surface area contributed by atoms with Crippen molar-refractivity contribution in [3.05, 3.63) is 0 Å². The van der Waals surface area contributed by atoms with Gasteiger partial charge in [-0.3, -0.25) is 4.79 Å². The Labute approximate surface area is 371 Å². The van der Waals surface area contributed by atoms with Crippen LogP contribution in [0.1, 0.15) is 94.9 Å². The van der Waals surface area contributed by atoms with Gasteiger partial charge in [0.1, 0.15) is 48.3 Å². The summed E-state index contributed by atoms with van der Waals surface area (Å²) in [5.74, 6) is -4.88. The number of nitrogens with zero attached hydrogens (tertiary/aromatic N) is 2. The molecule has 0 aromatic carbocycles. The van der Waals surface area contributed by atoms with Crippen LogP contribution < -0.4 is 0 Å². The molecule has 0 unspecified atom stereocenters. The van der Waals surface area contributed by atoms with Crippen LogP contribution in [0.15, 0.2) is 5.16 Å². The number of likely N-dealkylation sites (N-methyl/N-ethyl adjacent to an activating group) is 1. The molecule has 368 valence electrons. The molecule has 0 spiro atoms. The van der Waals surface area contributed by atoms with E-state index in [1.165, 1.54) is 27.9 Å². The third-order valence-electron chi connectivity index (χ3n) is 14.0. The van der Waals surface area contributed by atoms with Crippen molar-refractivity contribution >= 4 is 11.7 Å². The Balaban J connectivity index is 1.89. The van der Waals surface area contributed by atoms with E-state index in [0.29, 0.717) is 6.42 Å². The fraction of sp³-hybridized carbons (Fsp3) is 0.953. The topological polar surface area (TPSA) is 289 Å². The standard InChI is InChI=1S/C43H78N2O18/c1-14-27-43(10,55)35(51)21(4)29(44-63-40-33(50)32(49)31(48)26(18-46)59-40)19(2)16-41(8,54)37(62-39-30(47)25(45(11)12)15-20(3)57-39)22(5)34(23(6)38(53)60-27)61-28-17-42(9,56-13)36(52)24(7)58-28/h19-28,30-37,39-40,46-52,54-55H,14-18H2,1-13H3/b44-29+/t19-,20-,21+,22+,23-,24+,25+,26-,27-,28+,30-,31-,32+,33-,34+,35-,36+,37-,39+,40+,41-,42-,43-/m1/s1. The number of aliphatic hydroxyl groups excluding tert-OH is 7. The number of cyclic esters (lactones) is 1. The van der Waals surface area contributed by atoms with Crippen molar-refractivity contribution in [3.63, 3.8) is 0 Å². The van der Waals surface area contributed by atoms with Crippen LogP contribution in [0.3, 0.4) is 0 Å². The zero-order valence-corrected chi connectivity index (χ0v) is 39.2. The van der Waals surface area contributed by atoms with E-state index in [-0.39, 0.29) is 31.1 Å². The molecule has 4 aliphatic rings. The van der Waals surface area contributed by atoms with E-state index in [1.807, 2.05) is 25.9 Å². The van der Waals surface area contributed by atoms with Crippen molar-refractivity contribution in [2.24, 2.45) is 28.8 Å². The fourth-order valence-electron chi connectivity index (χ4n) is 9.86. The second-order valence-corrected chi connectivity index (χ2v) is 19.4. The van der Waals surface area contributed by atoms with Crippen molar-refractivity contribution in [1.29, 1.82) is 0 Å². The average molecular weight is 911 g/mol. The van der Waals surface area contributed by atoms with E-state index in [0.717, 1.165) is 0 Å². The fourth-order valence-corrected chi connectivity index (χ4v) is 9.86. The second-order valence-electron chi connectivity index (χ2n) is 19.4. The van der Waals surface area contributed by atoms with Gasteiger partial charge in [-0.05, 0) is 74.9 Å². The third kappa shape index (κ3) is 11.7. The van der Waals surface area contributed by atoms with Crippen molar-refractivity contribution in [1.82, 2.24) is 4.90 Å². The zero-order chi connectivity index (χ0) is 47.7. The highest BCUT2D eigenvalue weighted by Gasteiger charge is 2.54. The Morgan fingerprint density at radius 2 is 1.44 bits per heavy atom. The molecule has 20 nitrogen and oxygen atoms in total. The van der Waals surface area contributed by atoms with E-state index < -0.39 is 145 Å². The van der Waals surface area contributed by atoms with Gasteiger partial charge in [0.05, 0.1) is 60.0 Å². The van der Waals surface area contributed by atoms with Gasteiger partial charge in [0, 0.05) is 37.3 Å². The molecule has 4 heterocycles. The molecule has 4 rings (SSSR count). The van der Waals surface area contributed by atoms with Crippen LogP contribution in [-0.4, -0.2) is 205 Å². The first kappa shape index (κ1) is 53.9. The summed E-state index contributed by atoms with van der Waals surface area (Å²) in [6.07, 6.45) is -19.1. The van der Waals surface area contributed by atoms with Crippen molar-refractivity contribution < 1.29 is 88.7 Å². The van der Waals surface area contributed by atoms with Gasteiger partial charge >= 0.3 is 5.97 Å². The first-order chi connectivity index (χ1) is 29.2. The number of carbonyl (C=O) groups is 1. The van der Waals surface area contributed by atoms with Gasteiger partial charge in [-0.15, -0.1) is 0 Å². The smallest absolute Gasteiger partial charge is 0.311 e. The Morgan fingerprint density at radius 3 is 2.02 bits per heavy atom. The maximum absolute atomic E-state index is 14.4. The normalized spacial score (nSPS) is 50.5. The molecule has 4 fully saturated rings. The Morgan fingerprint density at radius 1 is 0.810 bits per heavy atom. The second kappa shape index (κ2) is 21.5. The molecule has 9 N–H and O–H groups in total. The lowest BCUT2D eigenvalue weighted by Crippen LogP contribution is -2.61. The first-order valence-corrected chi connectivity index (χ1v) is 22.2. The quantitative estimate of drug-likeness (QED) is 0.0976. The Hall–Kier alpha value is -1.70. The monoisotopic (exact) mass is 911 g/mol. The van der Waals surface area contributed by atoms with Crippen molar-refractivity contribution in [3.8, 4) is 0 Å². The van der Waals surface area contributed by atoms with Crippen LogP contribution >= 0.6 is 0 Å². The van der Waals surface area contributed by atoms with E-state index in [9.17, 15) is 50.8 Å². The molecular formula is C43H78N2O18. The molecule has 0 bridgehead atoms. The summed E-state index contributed by atoms with van der Waals surface area (Å²) in [6.45, 7) is 15.4. The van der Waals surface area contributed by atoms with Crippen molar-refractivity contribution in [2.45, 2.75) is 210 Å². The largest absolute Gasteiger partial charge is 0.459 e. The summed E-state index contributed by atoms with van der Waals surface area (Å²) < 4.78 is 43.1. The van der Waals surface area contributed by atoms with Gasteiger partial charge in [-0.25, -0.2) is 0 Å².